The minimum absolute atomic E-state index is 0.0174. The number of ether oxygens (including phenoxy) is 1. The van der Waals surface area contributed by atoms with E-state index in [2.05, 4.69) is 74.3 Å². The molecule has 2 aromatic rings. The predicted molar refractivity (Wildman–Crippen MR) is 155 cm³/mol. The van der Waals surface area contributed by atoms with Gasteiger partial charge < -0.3 is 19.9 Å². The number of likely N-dealkylation sites (N-methyl/N-ethyl adjacent to an activating group) is 1. The maximum absolute atomic E-state index is 14.1. The van der Waals surface area contributed by atoms with E-state index in [4.69, 9.17) is 4.74 Å². The first-order chi connectivity index (χ1) is 19.7. The highest BCUT2D eigenvalue weighted by molar-refractivity contribution is 6.01. The van der Waals surface area contributed by atoms with Crippen molar-refractivity contribution < 1.29 is 19.1 Å². The van der Waals surface area contributed by atoms with Crippen LogP contribution in [-0.2, 0) is 25.5 Å². The van der Waals surface area contributed by atoms with E-state index in [9.17, 15) is 14.4 Å². The van der Waals surface area contributed by atoms with Crippen LogP contribution in [0.1, 0.15) is 58.1 Å². The zero-order chi connectivity index (χ0) is 28.7. The van der Waals surface area contributed by atoms with Crippen molar-refractivity contribution >= 4 is 34.2 Å². The highest BCUT2D eigenvalue weighted by Gasteiger charge is 2.57. The van der Waals surface area contributed by atoms with Crippen molar-refractivity contribution in [2.24, 2.45) is 17.8 Å². The van der Waals surface area contributed by atoms with E-state index in [1.807, 2.05) is 4.90 Å². The van der Waals surface area contributed by atoms with Crippen molar-refractivity contribution in [2.45, 2.75) is 84.0 Å². The van der Waals surface area contributed by atoms with Gasteiger partial charge in [0.1, 0.15) is 6.04 Å². The number of nitrogens with zero attached hydrogens (tertiary/aromatic N) is 3. The van der Waals surface area contributed by atoms with Crippen molar-refractivity contribution in [1.82, 2.24) is 25.0 Å². The first-order valence-electron chi connectivity index (χ1n) is 15.3. The van der Waals surface area contributed by atoms with Crippen LogP contribution in [0.2, 0.25) is 0 Å². The van der Waals surface area contributed by atoms with Crippen LogP contribution in [0.3, 0.4) is 0 Å². The van der Waals surface area contributed by atoms with Crippen LogP contribution in [0.15, 0.2) is 30.0 Å². The molecule has 9 nitrogen and oxygen atoms in total. The number of amides is 3. The maximum atomic E-state index is 14.1. The molecule has 0 radical (unpaired) electrons. The number of nitrogens with one attached hydrogen (secondary N) is 2. The molecule has 0 spiro atoms. The molecule has 2 N–H and O–H groups in total. The number of hydrogen-bond donors (Lipinski definition) is 2. The van der Waals surface area contributed by atoms with Crippen LogP contribution in [0.4, 0.5) is 0 Å². The number of rotatable bonds is 5. The van der Waals surface area contributed by atoms with E-state index in [1.54, 1.807) is 4.90 Å². The third-order valence-corrected chi connectivity index (χ3v) is 9.98. The molecule has 3 amide bonds. The first kappa shape index (κ1) is 26.7. The second-order valence-corrected chi connectivity index (χ2v) is 13.3. The summed E-state index contributed by atoms with van der Waals surface area (Å²) in [5, 5.41) is 4.26. The molecule has 3 saturated heterocycles. The molecule has 41 heavy (non-hydrogen) atoms. The Morgan fingerprint density at radius 3 is 2.73 bits per heavy atom. The number of H-pyrrole nitrogens is 1. The molecule has 0 bridgehead atoms. The van der Waals surface area contributed by atoms with Crippen molar-refractivity contribution in [3.05, 3.63) is 41.1 Å². The summed E-state index contributed by atoms with van der Waals surface area (Å²) in [4.78, 5) is 50.6. The average Bonchev–Trinajstić information content (AvgIpc) is 3.66. The normalized spacial score (nSPS) is 31.4. The second kappa shape index (κ2) is 9.70. The number of hydrogen-bond acceptors (Lipinski definition) is 5. The molecule has 5 heterocycles. The Balaban J connectivity index is 1.21. The summed E-state index contributed by atoms with van der Waals surface area (Å²) in [6, 6.07) is 5.87. The van der Waals surface area contributed by atoms with E-state index in [0.717, 1.165) is 30.4 Å². The number of benzene rings is 1. The summed E-state index contributed by atoms with van der Waals surface area (Å²) < 4.78 is 6.34. The summed E-state index contributed by atoms with van der Waals surface area (Å²) in [5.74, 6) is -0.479. The Morgan fingerprint density at radius 2 is 1.98 bits per heavy atom. The number of fused-ring (bicyclic) bond motifs is 5. The molecule has 218 valence electrons. The van der Waals surface area contributed by atoms with Crippen LogP contribution >= 0.6 is 0 Å². The van der Waals surface area contributed by atoms with Gasteiger partial charge in [-0.25, -0.2) is 0 Å². The van der Waals surface area contributed by atoms with Crippen LogP contribution in [0, 0.1) is 17.8 Å². The quantitative estimate of drug-likeness (QED) is 0.587. The minimum atomic E-state index is -1.08. The van der Waals surface area contributed by atoms with Crippen molar-refractivity contribution in [2.75, 3.05) is 20.1 Å². The zero-order valence-corrected chi connectivity index (χ0v) is 24.6. The lowest BCUT2D eigenvalue weighted by atomic mass is 9.72. The molecule has 1 unspecified atom stereocenters. The third kappa shape index (κ3) is 3.99. The smallest absolute Gasteiger partial charge is 0.275 e. The Hall–Kier alpha value is -3.17. The Labute approximate surface area is 241 Å². The van der Waals surface area contributed by atoms with E-state index < -0.39 is 24.4 Å². The third-order valence-electron chi connectivity index (χ3n) is 9.98. The molecule has 1 aliphatic carbocycles. The number of carbonyl (C=O) groups is 3. The Morgan fingerprint density at radius 1 is 1.17 bits per heavy atom. The van der Waals surface area contributed by atoms with Gasteiger partial charge in [0, 0.05) is 36.2 Å². The van der Waals surface area contributed by atoms with Gasteiger partial charge in [0.05, 0.1) is 12.0 Å². The van der Waals surface area contributed by atoms with Crippen LogP contribution < -0.4 is 5.32 Å². The van der Waals surface area contributed by atoms with Gasteiger partial charge >= 0.3 is 0 Å². The van der Waals surface area contributed by atoms with E-state index in [1.165, 1.54) is 22.1 Å². The lowest BCUT2D eigenvalue weighted by Gasteiger charge is -2.44. The van der Waals surface area contributed by atoms with E-state index >= 15 is 0 Å². The van der Waals surface area contributed by atoms with Crippen molar-refractivity contribution in [3.8, 4) is 0 Å². The number of aromatic nitrogens is 1. The van der Waals surface area contributed by atoms with Gasteiger partial charge in [0.2, 0.25) is 18.0 Å². The molecular weight excluding hydrogens is 518 g/mol. The van der Waals surface area contributed by atoms with Gasteiger partial charge in [0.25, 0.3) is 5.91 Å². The van der Waals surface area contributed by atoms with Gasteiger partial charge in [-0.3, -0.25) is 24.2 Å². The molecular formula is C32H41N5O4. The van der Waals surface area contributed by atoms with Crippen molar-refractivity contribution in [3.63, 3.8) is 0 Å². The molecule has 6 atom stereocenters. The Kier molecular flexibility index (Phi) is 6.32. The second-order valence-electron chi connectivity index (χ2n) is 13.3. The first-order valence-corrected chi connectivity index (χ1v) is 15.3. The topological polar surface area (TPSA) is 98.0 Å². The van der Waals surface area contributed by atoms with Gasteiger partial charge in [-0.2, -0.15) is 0 Å². The fraction of sp³-hybridized carbons (Fsp3) is 0.594. The monoisotopic (exact) mass is 559 g/mol. The lowest BCUT2D eigenvalue weighted by molar-refractivity contribution is -0.164. The highest BCUT2D eigenvalue weighted by atomic mass is 16.6. The molecule has 3 fully saturated rings. The van der Waals surface area contributed by atoms with Gasteiger partial charge in [-0.15, -0.1) is 0 Å². The highest BCUT2D eigenvalue weighted by Crippen LogP contribution is 2.46. The average molecular weight is 560 g/mol. The largest absolute Gasteiger partial charge is 0.361 e. The van der Waals surface area contributed by atoms with Gasteiger partial charge in [-0.05, 0) is 72.9 Å². The number of carbonyl (C=O) groups excluding carboxylic acids is 3. The van der Waals surface area contributed by atoms with Crippen LogP contribution in [0.25, 0.3) is 16.5 Å². The fourth-order valence-corrected chi connectivity index (χ4v) is 8.28. The van der Waals surface area contributed by atoms with Crippen LogP contribution in [0.5, 0.6) is 0 Å². The fourth-order valence-electron chi connectivity index (χ4n) is 8.28. The van der Waals surface area contributed by atoms with E-state index in [-0.39, 0.29) is 41.6 Å². The number of piperazine rings is 1. The lowest BCUT2D eigenvalue weighted by Crippen LogP contribution is -2.64. The van der Waals surface area contributed by atoms with Gasteiger partial charge in [0.15, 0.2) is 6.23 Å². The SMILES string of the molecule is CC(C)CC1C(=O)N2CCC[C@H]2[C@@H]2O[C@@H](NC(=O)[C@H]3CN(C)[C@@H]4Cc5c[nH]c6cccc(c56)C4=C3C(C)C)C(=O)N12. The summed E-state index contributed by atoms with van der Waals surface area (Å²) in [5.41, 5.74) is 6.02. The summed E-state index contributed by atoms with van der Waals surface area (Å²) >= 11 is 0. The Bertz CT molecular complexity index is 1460. The predicted octanol–water partition coefficient (Wildman–Crippen LogP) is 3.11. The zero-order valence-electron chi connectivity index (χ0n) is 24.6. The van der Waals surface area contributed by atoms with Crippen LogP contribution in [-0.4, -0.2) is 88.1 Å². The molecule has 1 aromatic carbocycles. The summed E-state index contributed by atoms with van der Waals surface area (Å²) in [7, 11) is 2.09. The molecule has 1 aromatic heterocycles. The molecule has 9 heteroatoms. The van der Waals surface area contributed by atoms with E-state index in [0.29, 0.717) is 19.5 Å². The van der Waals surface area contributed by atoms with Gasteiger partial charge in [-0.1, -0.05) is 39.8 Å². The minimum Gasteiger partial charge on any atom is -0.361 e. The molecule has 4 aliphatic heterocycles. The standard InChI is InChI=1S/C32H41N5O4/c1-16(2)12-24-30(39)36-11-7-10-22(36)32-37(24)31(40)29(41-32)34-28(38)20-15-35(5)23-13-18-14-33-21-9-6-8-19(26(18)21)27(23)25(20)17(3)4/h6,8-9,14,16-17,20,22-24,29,32-33H,7,10-13,15H2,1-5H3,(H,34,38)/t20-,22-,23+,24?,29+,32-/m0/s1. The number of aromatic amines is 1. The molecule has 5 aliphatic rings. The summed E-state index contributed by atoms with van der Waals surface area (Å²) in [6.07, 6.45) is 3.72. The molecule has 0 saturated carbocycles. The molecule has 7 rings (SSSR count). The summed E-state index contributed by atoms with van der Waals surface area (Å²) in [6.45, 7) is 9.72. The maximum Gasteiger partial charge on any atom is 0.275 e. The van der Waals surface area contributed by atoms with Crippen molar-refractivity contribution in [1.29, 1.82) is 0 Å².